The second-order valence-electron chi connectivity index (χ2n) is 5.04. The molecule has 0 saturated heterocycles. The zero-order valence-electron chi connectivity index (χ0n) is 12.4. The number of fused-ring (bicyclic) bond motifs is 1. The number of benzene rings is 1. The van der Waals surface area contributed by atoms with Crippen LogP contribution in [0.1, 0.15) is 15.9 Å². The average Bonchev–Trinajstić information content (AvgIpc) is 2.94. The van der Waals surface area contributed by atoms with Crippen molar-refractivity contribution >= 4 is 22.8 Å². The van der Waals surface area contributed by atoms with Gasteiger partial charge in [-0.1, -0.05) is 6.07 Å². The third kappa shape index (κ3) is 2.78. The molecule has 1 N–H and O–H groups in total. The lowest BCUT2D eigenvalue weighted by molar-refractivity contribution is 0.0994. The molecule has 0 unspecified atom stereocenters. The molecule has 0 bridgehead atoms. The smallest absolute Gasteiger partial charge is 0.416 e. The van der Waals surface area contributed by atoms with E-state index in [1.165, 1.54) is 13.3 Å². The Hall–Kier alpha value is -3.15. The van der Waals surface area contributed by atoms with Gasteiger partial charge in [0.25, 0.3) is 0 Å². The first-order chi connectivity index (χ1) is 11.1. The van der Waals surface area contributed by atoms with E-state index < -0.39 is 6.09 Å². The van der Waals surface area contributed by atoms with Gasteiger partial charge in [-0.05, 0) is 29.8 Å². The quantitative estimate of drug-likeness (QED) is 0.749. The van der Waals surface area contributed by atoms with Crippen LogP contribution in [0.25, 0.3) is 10.9 Å². The summed E-state index contributed by atoms with van der Waals surface area (Å²) in [6.45, 7) is 0. The Kier molecular flexibility index (Phi) is 3.80. The van der Waals surface area contributed by atoms with Crippen LogP contribution in [-0.4, -0.2) is 33.6 Å². The summed E-state index contributed by atoms with van der Waals surface area (Å²) >= 11 is 0. The van der Waals surface area contributed by atoms with E-state index in [-0.39, 0.29) is 12.2 Å². The molecule has 0 fully saturated rings. The van der Waals surface area contributed by atoms with Crippen LogP contribution in [0, 0.1) is 0 Å². The van der Waals surface area contributed by atoms with Crippen molar-refractivity contribution in [2.75, 3.05) is 7.11 Å². The van der Waals surface area contributed by atoms with Gasteiger partial charge in [-0.15, -0.1) is 0 Å². The maximum Gasteiger partial charge on any atom is 0.416 e. The lowest BCUT2D eigenvalue weighted by Gasteiger charge is -2.02. The van der Waals surface area contributed by atoms with Crippen LogP contribution < -0.4 is 4.74 Å². The van der Waals surface area contributed by atoms with Gasteiger partial charge in [0.05, 0.1) is 12.6 Å². The maximum atomic E-state index is 12.6. The number of methoxy groups -OCH3 is 1. The van der Waals surface area contributed by atoms with E-state index >= 15 is 0 Å². The molecule has 0 aliphatic heterocycles. The predicted molar refractivity (Wildman–Crippen MR) is 84.2 cm³/mol. The number of nitrogens with zero attached hydrogens (tertiary/aromatic N) is 2. The standard InChI is InChI=1S/C17H14N2O4/c1-23-12-4-5-15-13(8-12)14(10-19(15)17(21)22)16(20)7-11-3-2-6-18-9-11/h2-6,8-10H,7H2,1H3,(H,21,22). The summed E-state index contributed by atoms with van der Waals surface area (Å²) < 4.78 is 6.21. The number of ketones is 1. The highest BCUT2D eigenvalue weighted by Crippen LogP contribution is 2.27. The second-order valence-corrected chi connectivity index (χ2v) is 5.04. The lowest BCUT2D eigenvalue weighted by Crippen LogP contribution is -2.07. The van der Waals surface area contributed by atoms with Crippen molar-refractivity contribution in [1.29, 1.82) is 0 Å². The monoisotopic (exact) mass is 310 g/mol. The molecule has 0 aliphatic carbocycles. The second kappa shape index (κ2) is 5.92. The highest BCUT2D eigenvalue weighted by Gasteiger charge is 2.18. The number of carboxylic acid groups (broad SMARTS) is 1. The van der Waals surface area contributed by atoms with Crippen molar-refractivity contribution in [3.8, 4) is 5.75 Å². The third-order valence-corrected chi connectivity index (χ3v) is 3.61. The van der Waals surface area contributed by atoms with Crippen LogP contribution in [0.2, 0.25) is 0 Å². The summed E-state index contributed by atoms with van der Waals surface area (Å²) in [6.07, 6.45) is 3.62. The number of carbonyl (C=O) groups is 2. The first-order valence-corrected chi connectivity index (χ1v) is 6.94. The Bertz CT molecular complexity index is 884. The summed E-state index contributed by atoms with van der Waals surface area (Å²) in [7, 11) is 1.52. The first kappa shape index (κ1) is 14.8. The molecule has 23 heavy (non-hydrogen) atoms. The SMILES string of the molecule is COc1ccc2c(c1)c(C(=O)Cc1cccnc1)cn2C(=O)O. The van der Waals surface area contributed by atoms with Crippen LogP contribution >= 0.6 is 0 Å². The van der Waals surface area contributed by atoms with E-state index in [2.05, 4.69) is 4.98 Å². The zero-order chi connectivity index (χ0) is 16.4. The molecule has 6 heteroatoms. The lowest BCUT2D eigenvalue weighted by atomic mass is 10.0. The Morgan fingerprint density at radius 3 is 2.78 bits per heavy atom. The van der Waals surface area contributed by atoms with Gasteiger partial charge in [0.2, 0.25) is 0 Å². The molecule has 0 spiro atoms. The molecule has 1 aromatic carbocycles. The van der Waals surface area contributed by atoms with Gasteiger partial charge in [-0.25, -0.2) is 4.79 Å². The minimum absolute atomic E-state index is 0.157. The summed E-state index contributed by atoms with van der Waals surface area (Å²) in [6, 6.07) is 8.53. The van der Waals surface area contributed by atoms with E-state index in [4.69, 9.17) is 4.74 Å². The normalized spacial score (nSPS) is 10.7. The van der Waals surface area contributed by atoms with Gasteiger partial charge in [-0.3, -0.25) is 14.3 Å². The van der Waals surface area contributed by atoms with Gasteiger partial charge in [0, 0.05) is 36.0 Å². The third-order valence-electron chi connectivity index (χ3n) is 3.61. The molecule has 6 nitrogen and oxygen atoms in total. The van der Waals surface area contributed by atoms with Crippen molar-refractivity contribution in [2.24, 2.45) is 0 Å². The van der Waals surface area contributed by atoms with E-state index in [9.17, 15) is 14.7 Å². The number of hydrogen-bond acceptors (Lipinski definition) is 4. The Morgan fingerprint density at radius 1 is 1.30 bits per heavy atom. The molecule has 0 radical (unpaired) electrons. The van der Waals surface area contributed by atoms with Gasteiger partial charge < -0.3 is 9.84 Å². The highest BCUT2D eigenvalue weighted by atomic mass is 16.5. The van der Waals surface area contributed by atoms with Gasteiger partial charge in [0.1, 0.15) is 5.75 Å². The molecular weight excluding hydrogens is 296 g/mol. The van der Waals surface area contributed by atoms with Crippen LogP contribution in [0.4, 0.5) is 4.79 Å². The zero-order valence-corrected chi connectivity index (χ0v) is 12.4. The predicted octanol–water partition coefficient (Wildman–Crippen LogP) is 3.00. The number of ether oxygens (including phenoxy) is 1. The maximum absolute atomic E-state index is 12.6. The Balaban J connectivity index is 2.08. The number of Topliss-reactive ketones (excluding diaryl/α,β-unsaturated/α-hetero) is 1. The average molecular weight is 310 g/mol. The Morgan fingerprint density at radius 2 is 2.13 bits per heavy atom. The van der Waals surface area contributed by atoms with Crippen LogP contribution in [0.3, 0.4) is 0 Å². The number of pyridine rings is 1. The van der Waals surface area contributed by atoms with Crippen molar-refractivity contribution in [3.63, 3.8) is 0 Å². The number of hydrogen-bond donors (Lipinski definition) is 1. The fourth-order valence-corrected chi connectivity index (χ4v) is 2.50. The van der Waals surface area contributed by atoms with Crippen molar-refractivity contribution in [1.82, 2.24) is 9.55 Å². The fourth-order valence-electron chi connectivity index (χ4n) is 2.50. The number of aromatic nitrogens is 2. The summed E-state index contributed by atoms with van der Waals surface area (Å²) in [5, 5.41) is 9.86. The van der Waals surface area contributed by atoms with Gasteiger partial charge >= 0.3 is 6.09 Å². The molecule has 0 saturated carbocycles. The molecule has 0 atom stereocenters. The molecule has 3 aromatic rings. The largest absolute Gasteiger partial charge is 0.497 e. The molecule has 0 amide bonds. The molecule has 3 rings (SSSR count). The van der Waals surface area contributed by atoms with Crippen LogP contribution in [-0.2, 0) is 6.42 Å². The number of rotatable bonds is 4. The molecule has 116 valence electrons. The molecule has 2 heterocycles. The minimum Gasteiger partial charge on any atom is -0.497 e. The minimum atomic E-state index is -1.14. The Labute approximate surface area is 131 Å². The first-order valence-electron chi connectivity index (χ1n) is 6.94. The topological polar surface area (TPSA) is 81.4 Å². The van der Waals surface area contributed by atoms with Crippen molar-refractivity contribution in [2.45, 2.75) is 6.42 Å². The summed E-state index contributed by atoms with van der Waals surface area (Å²) in [4.78, 5) is 27.9. The molecule has 2 aromatic heterocycles. The number of carbonyl (C=O) groups excluding carboxylic acids is 1. The van der Waals surface area contributed by atoms with Crippen LogP contribution in [0.5, 0.6) is 5.75 Å². The van der Waals surface area contributed by atoms with Gasteiger partial charge in [0.15, 0.2) is 5.78 Å². The highest BCUT2D eigenvalue weighted by molar-refractivity contribution is 6.10. The van der Waals surface area contributed by atoms with Crippen molar-refractivity contribution < 1.29 is 19.4 Å². The van der Waals surface area contributed by atoms with Gasteiger partial charge in [-0.2, -0.15) is 0 Å². The van der Waals surface area contributed by atoms with E-state index in [0.29, 0.717) is 22.2 Å². The summed E-state index contributed by atoms with van der Waals surface area (Å²) in [5.74, 6) is 0.396. The van der Waals surface area contributed by atoms with E-state index in [0.717, 1.165) is 10.1 Å². The molecule has 0 aliphatic rings. The van der Waals surface area contributed by atoms with Crippen LogP contribution in [0.15, 0.2) is 48.9 Å². The summed E-state index contributed by atoms with van der Waals surface area (Å²) in [5.41, 5.74) is 1.58. The molecular formula is C17H14N2O4. The van der Waals surface area contributed by atoms with E-state index in [1.54, 1.807) is 36.7 Å². The fraction of sp³-hybridized carbons (Fsp3) is 0.118. The van der Waals surface area contributed by atoms with E-state index in [1.807, 2.05) is 6.07 Å². The van der Waals surface area contributed by atoms with Crippen molar-refractivity contribution in [3.05, 3.63) is 60.0 Å².